The molecule has 0 aromatic carbocycles. The molecule has 0 amide bonds. The predicted molar refractivity (Wildman–Crippen MR) is 54.9 cm³/mol. The third-order valence-electron chi connectivity index (χ3n) is 1.81. The van der Waals surface area contributed by atoms with E-state index in [1.807, 2.05) is 24.3 Å². The molecule has 0 aliphatic heterocycles. The Morgan fingerprint density at radius 1 is 1.21 bits per heavy atom. The van der Waals surface area contributed by atoms with E-state index < -0.39 is 0 Å². The van der Waals surface area contributed by atoms with Gasteiger partial charge >= 0.3 is 0 Å². The molecule has 0 unspecified atom stereocenters. The molecule has 2 aliphatic rings. The molecule has 2 rings (SSSR count). The first-order valence-corrected chi connectivity index (χ1v) is 4.54. The second-order valence-electron chi connectivity index (χ2n) is 2.95. The molecule has 2 aliphatic carbocycles. The molecule has 3 heteroatoms. The van der Waals surface area contributed by atoms with Crippen LogP contribution >= 0.6 is 0 Å². The summed E-state index contributed by atoms with van der Waals surface area (Å²) in [7, 11) is 0. The Kier molecular flexibility index (Phi) is 4.75. The van der Waals surface area contributed by atoms with Crippen molar-refractivity contribution in [2.24, 2.45) is 0 Å². The summed E-state index contributed by atoms with van der Waals surface area (Å²) < 4.78 is 0. The van der Waals surface area contributed by atoms with E-state index in [0.29, 0.717) is 5.76 Å². The first kappa shape index (κ1) is 10.8. The van der Waals surface area contributed by atoms with Crippen molar-refractivity contribution in [3.05, 3.63) is 48.3 Å². The van der Waals surface area contributed by atoms with E-state index in [0.717, 1.165) is 12.8 Å². The largest absolute Gasteiger partial charge is 0.508 e. The third-order valence-corrected chi connectivity index (χ3v) is 1.81. The summed E-state index contributed by atoms with van der Waals surface area (Å²) in [5.41, 5.74) is 0. The fourth-order valence-electron chi connectivity index (χ4n) is 1.08. The van der Waals surface area contributed by atoms with Gasteiger partial charge in [-0.3, -0.25) is 5.26 Å². The van der Waals surface area contributed by atoms with Crippen LogP contribution in [0.25, 0.3) is 0 Å². The highest BCUT2D eigenvalue weighted by atomic mass is 17.1. The maximum atomic E-state index is 8.68. The molecule has 0 spiro atoms. The standard InChI is InChI=1S/C6H8O.C5H6O2/c7-6-4-2-1-3-5-6;6-7-5-3-1-2-4-5/h2,4-5,7H,1,3H2;1-6H. The lowest BCUT2D eigenvalue weighted by atomic mass is 10.2. The molecule has 0 heterocycles. The van der Waals surface area contributed by atoms with Crippen molar-refractivity contribution in [1.29, 1.82) is 0 Å². The summed E-state index contributed by atoms with van der Waals surface area (Å²) in [6.07, 6.45) is 14.5. The van der Waals surface area contributed by atoms with Crippen LogP contribution in [0.1, 0.15) is 12.8 Å². The summed E-state index contributed by atoms with van der Waals surface area (Å²) in [6, 6.07) is 0. The highest BCUT2D eigenvalue weighted by Crippen LogP contribution is 2.04. The highest BCUT2D eigenvalue weighted by Gasteiger charge is 1.99. The molecular weight excluding hydrogens is 180 g/mol. The molecular formula is C11H14O3. The number of allylic oxidation sites excluding steroid dienone is 5. The molecule has 0 fully saturated rings. The second kappa shape index (κ2) is 6.18. The smallest absolute Gasteiger partial charge is 0.130 e. The minimum absolute atomic E-state index is 0.208. The fraction of sp³-hybridized carbons (Fsp3) is 0.273. The van der Waals surface area contributed by atoms with E-state index in [-0.39, 0.29) is 6.10 Å². The Morgan fingerprint density at radius 3 is 2.21 bits per heavy atom. The Balaban J connectivity index is 0.000000140. The van der Waals surface area contributed by atoms with E-state index in [9.17, 15) is 0 Å². The maximum absolute atomic E-state index is 8.68. The van der Waals surface area contributed by atoms with E-state index in [1.54, 1.807) is 18.2 Å². The lowest BCUT2D eigenvalue weighted by Crippen LogP contribution is -1.98. The Bertz CT molecular complexity index is 262. The van der Waals surface area contributed by atoms with Crippen LogP contribution in [0.5, 0.6) is 0 Å². The normalized spacial score (nSPS) is 19.1. The Labute approximate surface area is 83.3 Å². The number of aliphatic hydroxyl groups is 1. The van der Waals surface area contributed by atoms with Gasteiger partial charge in [-0.1, -0.05) is 18.2 Å². The molecule has 0 saturated heterocycles. The zero-order chi connectivity index (χ0) is 10.2. The van der Waals surface area contributed by atoms with Gasteiger partial charge in [0, 0.05) is 0 Å². The van der Waals surface area contributed by atoms with Gasteiger partial charge in [-0.05, 0) is 37.1 Å². The zero-order valence-electron chi connectivity index (χ0n) is 7.84. The first-order chi connectivity index (χ1) is 6.83. The molecule has 0 aromatic rings. The Morgan fingerprint density at radius 2 is 1.93 bits per heavy atom. The topological polar surface area (TPSA) is 49.7 Å². The van der Waals surface area contributed by atoms with Gasteiger partial charge in [0.2, 0.25) is 0 Å². The average molecular weight is 194 g/mol. The highest BCUT2D eigenvalue weighted by molar-refractivity contribution is 5.18. The quantitative estimate of drug-likeness (QED) is 0.498. The van der Waals surface area contributed by atoms with E-state index >= 15 is 0 Å². The minimum atomic E-state index is -0.208. The van der Waals surface area contributed by atoms with Gasteiger partial charge < -0.3 is 5.11 Å². The van der Waals surface area contributed by atoms with Crippen LogP contribution in [-0.2, 0) is 4.89 Å². The average Bonchev–Trinajstić information content (AvgIpc) is 2.72. The second-order valence-corrected chi connectivity index (χ2v) is 2.95. The van der Waals surface area contributed by atoms with Crippen LogP contribution in [0.2, 0.25) is 0 Å². The molecule has 0 aromatic heterocycles. The van der Waals surface area contributed by atoms with Gasteiger partial charge in [-0.25, -0.2) is 4.89 Å². The van der Waals surface area contributed by atoms with Crippen molar-refractivity contribution < 1.29 is 15.3 Å². The molecule has 2 N–H and O–H groups in total. The van der Waals surface area contributed by atoms with Gasteiger partial charge in [0.1, 0.15) is 11.9 Å². The number of hydrogen-bond acceptors (Lipinski definition) is 3. The van der Waals surface area contributed by atoms with Crippen LogP contribution < -0.4 is 0 Å². The lowest BCUT2D eigenvalue weighted by molar-refractivity contribution is -0.253. The molecule has 0 bridgehead atoms. The van der Waals surface area contributed by atoms with Gasteiger partial charge in [0.25, 0.3) is 0 Å². The number of hydrogen-bond donors (Lipinski definition) is 2. The zero-order valence-corrected chi connectivity index (χ0v) is 7.84. The van der Waals surface area contributed by atoms with Crippen molar-refractivity contribution >= 4 is 0 Å². The van der Waals surface area contributed by atoms with E-state index in [4.69, 9.17) is 10.4 Å². The summed E-state index contributed by atoms with van der Waals surface area (Å²) in [5, 5.41) is 16.6. The van der Waals surface area contributed by atoms with Crippen molar-refractivity contribution in [3.8, 4) is 0 Å². The Hall–Kier alpha value is -1.32. The van der Waals surface area contributed by atoms with Crippen molar-refractivity contribution in [2.75, 3.05) is 0 Å². The van der Waals surface area contributed by atoms with Crippen molar-refractivity contribution in [3.63, 3.8) is 0 Å². The lowest BCUT2D eigenvalue weighted by Gasteiger charge is -1.95. The van der Waals surface area contributed by atoms with Crippen LogP contribution in [-0.4, -0.2) is 16.5 Å². The molecule has 0 saturated carbocycles. The van der Waals surface area contributed by atoms with Crippen LogP contribution in [0.15, 0.2) is 48.3 Å². The maximum Gasteiger partial charge on any atom is 0.130 e. The molecule has 3 nitrogen and oxygen atoms in total. The summed E-state index contributed by atoms with van der Waals surface area (Å²) in [5.74, 6) is 0.409. The molecule has 76 valence electrons. The van der Waals surface area contributed by atoms with Crippen LogP contribution in [0, 0.1) is 0 Å². The minimum Gasteiger partial charge on any atom is -0.508 e. The SMILES string of the molecule is OC1=CCCC=C1.OOC1C=CC=C1. The monoisotopic (exact) mass is 194 g/mol. The molecule has 14 heavy (non-hydrogen) atoms. The fourth-order valence-corrected chi connectivity index (χ4v) is 1.08. The third kappa shape index (κ3) is 4.07. The summed E-state index contributed by atoms with van der Waals surface area (Å²) >= 11 is 0. The summed E-state index contributed by atoms with van der Waals surface area (Å²) in [4.78, 5) is 3.94. The molecule has 0 atom stereocenters. The van der Waals surface area contributed by atoms with Crippen molar-refractivity contribution in [2.45, 2.75) is 18.9 Å². The van der Waals surface area contributed by atoms with E-state index in [1.165, 1.54) is 0 Å². The first-order valence-electron chi connectivity index (χ1n) is 4.54. The van der Waals surface area contributed by atoms with E-state index in [2.05, 4.69) is 4.89 Å². The predicted octanol–water partition coefficient (Wildman–Crippen LogP) is 2.75. The van der Waals surface area contributed by atoms with Crippen LogP contribution in [0.3, 0.4) is 0 Å². The molecule has 0 radical (unpaired) electrons. The van der Waals surface area contributed by atoms with Gasteiger partial charge in [0.05, 0.1) is 0 Å². The van der Waals surface area contributed by atoms with Crippen LogP contribution in [0.4, 0.5) is 0 Å². The van der Waals surface area contributed by atoms with Gasteiger partial charge in [-0.15, -0.1) is 0 Å². The summed E-state index contributed by atoms with van der Waals surface area (Å²) in [6.45, 7) is 0. The number of rotatable bonds is 1. The number of aliphatic hydroxyl groups excluding tert-OH is 1. The van der Waals surface area contributed by atoms with Gasteiger partial charge in [0.15, 0.2) is 0 Å². The van der Waals surface area contributed by atoms with Gasteiger partial charge in [-0.2, -0.15) is 0 Å². The van der Waals surface area contributed by atoms with Crippen molar-refractivity contribution in [1.82, 2.24) is 0 Å².